The van der Waals surface area contributed by atoms with Gasteiger partial charge in [0.15, 0.2) is 5.69 Å². The van der Waals surface area contributed by atoms with Crippen LogP contribution in [0.5, 0.6) is 0 Å². The third kappa shape index (κ3) is 1.39. The summed E-state index contributed by atoms with van der Waals surface area (Å²) < 4.78 is 0. The fourth-order valence-corrected chi connectivity index (χ4v) is 1.39. The lowest BCUT2D eigenvalue weighted by Gasteiger charge is -1.98. The molecule has 4 heteroatoms. The standard InChI is InChI=1S/C9H11N3O/c1-2-3-6-4-10-7-5-11-9(13)8(7)12-6/h4H,2-3,5H2,1H3,(H,11,13). The Morgan fingerprint density at radius 1 is 1.62 bits per heavy atom. The number of carbonyl (C=O) groups is 1. The molecular weight excluding hydrogens is 166 g/mol. The van der Waals surface area contributed by atoms with Gasteiger partial charge in [-0.25, -0.2) is 4.98 Å². The van der Waals surface area contributed by atoms with E-state index in [-0.39, 0.29) is 5.91 Å². The van der Waals surface area contributed by atoms with Crippen LogP contribution in [-0.4, -0.2) is 15.9 Å². The van der Waals surface area contributed by atoms with Crippen molar-refractivity contribution in [2.45, 2.75) is 26.3 Å². The van der Waals surface area contributed by atoms with E-state index >= 15 is 0 Å². The number of carbonyl (C=O) groups excluding carboxylic acids is 1. The highest BCUT2D eigenvalue weighted by molar-refractivity contribution is 5.95. The predicted octanol–water partition coefficient (Wildman–Crippen LogP) is 0.673. The van der Waals surface area contributed by atoms with Crippen molar-refractivity contribution in [1.29, 1.82) is 0 Å². The van der Waals surface area contributed by atoms with Crippen LogP contribution in [0, 0.1) is 0 Å². The molecule has 0 bridgehead atoms. The van der Waals surface area contributed by atoms with Gasteiger partial charge in [0.2, 0.25) is 0 Å². The zero-order valence-electron chi connectivity index (χ0n) is 7.50. The van der Waals surface area contributed by atoms with Crippen molar-refractivity contribution in [1.82, 2.24) is 15.3 Å². The lowest BCUT2D eigenvalue weighted by atomic mass is 10.2. The Bertz CT molecular complexity index is 349. The molecule has 0 unspecified atom stereocenters. The number of nitrogens with zero attached hydrogens (tertiary/aromatic N) is 2. The largest absolute Gasteiger partial charge is 0.345 e. The van der Waals surface area contributed by atoms with Crippen LogP contribution in [0.3, 0.4) is 0 Å². The zero-order valence-corrected chi connectivity index (χ0v) is 7.50. The number of nitrogens with one attached hydrogen (secondary N) is 1. The second-order valence-corrected chi connectivity index (χ2v) is 3.09. The molecule has 2 heterocycles. The quantitative estimate of drug-likeness (QED) is 0.722. The van der Waals surface area contributed by atoms with Crippen molar-refractivity contribution < 1.29 is 4.79 Å². The summed E-state index contributed by atoms with van der Waals surface area (Å²) >= 11 is 0. The normalized spacial score (nSPS) is 14.1. The molecule has 4 nitrogen and oxygen atoms in total. The second-order valence-electron chi connectivity index (χ2n) is 3.09. The first-order valence-corrected chi connectivity index (χ1v) is 4.44. The average Bonchev–Trinajstić information content (AvgIpc) is 2.49. The molecule has 1 aliphatic rings. The van der Waals surface area contributed by atoms with E-state index < -0.39 is 0 Å². The maximum Gasteiger partial charge on any atom is 0.272 e. The summed E-state index contributed by atoms with van der Waals surface area (Å²) in [6.07, 6.45) is 3.66. The minimum atomic E-state index is -0.0968. The van der Waals surface area contributed by atoms with Crippen LogP contribution in [0.1, 0.15) is 35.2 Å². The van der Waals surface area contributed by atoms with E-state index in [1.54, 1.807) is 6.20 Å². The van der Waals surface area contributed by atoms with Gasteiger partial charge >= 0.3 is 0 Å². The number of fused-ring (bicyclic) bond motifs is 1. The van der Waals surface area contributed by atoms with Crippen LogP contribution >= 0.6 is 0 Å². The molecule has 1 aromatic heterocycles. The van der Waals surface area contributed by atoms with Gasteiger partial charge in [0, 0.05) is 6.20 Å². The van der Waals surface area contributed by atoms with Gasteiger partial charge in [0.05, 0.1) is 17.9 Å². The molecule has 0 aromatic carbocycles. The van der Waals surface area contributed by atoms with Crippen LogP contribution in [0.2, 0.25) is 0 Å². The number of aromatic nitrogens is 2. The average molecular weight is 177 g/mol. The highest BCUT2D eigenvalue weighted by Gasteiger charge is 2.21. The molecule has 68 valence electrons. The van der Waals surface area contributed by atoms with Gasteiger partial charge in [-0.2, -0.15) is 0 Å². The lowest BCUT2D eigenvalue weighted by molar-refractivity contribution is 0.0961. The van der Waals surface area contributed by atoms with Crippen molar-refractivity contribution in [2.24, 2.45) is 0 Å². The van der Waals surface area contributed by atoms with Crippen LogP contribution in [0.15, 0.2) is 6.20 Å². The number of aryl methyl sites for hydroxylation is 1. The van der Waals surface area contributed by atoms with Crippen molar-refractivity contribution >= 4 is 5.91 Å². The summed E-state index contributed by atoms with van der Waals surface area (Å²) in [6.45, 7) is 2.60. The number of hydrogen-bond acceptors (Lipinski definition) is 3. The van der Waals surface area contributed by atoms with Gasteiger partial charge in [-0.3, -0.25) is 9.78 Å². The van der Waals surface area contributed by atoms with Crippen molar-refractivity contribution in [3.05, 3.63) is 23.3 Å². The monoisotopic (exact) mass is 177 g/mol. The third-order valence-electron chi connectivity index (χ3n) is 2.04. The molecular formula is C9H11N3O. The molecule has 1 aromatic rings. The van der Waals surface area contributed by atoms with Crippen molar-refractivity contribution in [2.75, 3.05) is 0 Å². The summed E-state index contributed by atoms with van der Waals surface area (Å²) in [5.74, 6) is -0.0968. The van der Waals surface area contributed by atoms with Crippen LogP contribution in [-0.2, 0) is 13.0 Å². The zero-order chi connectivity index (χ0) is 9.26. The third-order valence-corrected chi connectivity index (χ3v) is 2.04. The van der Waals surface area contributed by atoms with E-state index in [4.69, 9.17) is 0 Å². The van der Waals surface area contributed by atoms with Gasteiger partial charge in [0.25, 0.3) is 5.91 Å². The van der Waals surface area contributed by atoms with Gasteiger partial charge in [-0.1, -0.05) is 13.3 Å². The summed E-state index contributed by atoms with van der Waals surface area (Å²) in [5.41, 5.74) is 2.18. The summed E-state index contributed by atoms with van der Waals surface area (Å²) in [4.78, 5) is 19.6. The molecule has 1 amide bonds. The Morgan fingerprint density at radius 3 is 3.23 bits per heavy atom. The Labute approximate surface area is 76.4 Å². The fourth-order valence-electron chi connectivity index (χ4n) is 1.39. The molecule has 0 aliphatic carbocycles. The van der Waals surface area contributed by atoms with Crippen LogP contribution in [0.4, 0.5) is 0 Å². The molecule has 0 fully saturated rings. The van der Waals surface area contributed by atoms with Gasteiger partial charge in [0.1, 0.15) is 0 Å². The minimum Gasteiger partial charge on any atom is -0.345 e. The van der Waals surface area contributed by atoms with E-state index in [1.807, 2.05) is 0 Å². The van der Waals surface area contributed by atoms with Gasteiger partial charge in [-0.15, -0.1) is 0 Å². The minimum absolute atomic E-state index is 0.0968. The molecule has 0 saturated carbocycles. The Hall–Kier alpha value is -1.45. The highest BCUT2D eigenvalue weighted by Crippen LogP contribution is 2.10. The first kappa shape index (κ1) is 8.16. The summed E-state index contributed by atoms with van der Waals surface area (Å²) in [6, 6.07) is 0. The maximum absolute atomic E-state index is 11.2. The first-order chi connectivity index (χ1) is 6.31. The van der Waals surface area contributed by atoms with E-state index in [0.29, 0.717) is 12.2 Å². The van der Waals surface area contributed by atoms with Gasteiger partial charge < -0.3 is 5.32 Å². The predicted molar refractivity (Wildman–Crippen MR) is 47.2 cm³/mol. The van der Waals surface area contributed by atoms with E-state index in [1.165, 1.54) is 0 Å². The van der Waals surface area contributed by atoms with Crippen LogP contribution < -0.4 is 5.32 Å². The summed E-state index contributed by atoms with van der Waals surface area (Å²) in [7, 11) is 0. The SMILES string of the molecule is CCCc1cnc2c(n1)C(=O)NC2. The Morgan fingerprint density at radius 2 is 2.46 bits per heavy atom. The summed E-state index contributed by atoms with van der Waals surface area (Å²) in [5, 5.41) is 2.69. The van der Waals surface area contributed by atoms with E-state index in [2.05, 4.69) is 22.2 Å². The van der Waals surface area contributed by atoms with Crippen LogP contribution in [0.25, 0.3) is 0 Å². The van der Waals surface area contributed by atoms with Crippen molar-refractivity contribution in [3.8, 4) is 0 Å². The smallest absolute Gasteiger partial charge is 0.272 e. The second kappa shape index (κ2) is 3.12. The molecule has 0 atom stereocenters. The molecule has 1 aliphatic heterocycles. The molecule has 2 rings (SSSR count). The highest BCUT2D eigenvalue weighted by atomic mass is 16.2. The first-order valence-electron chi connectivity index (χ1n) is 4.44. The maximum atomic E-state index is 11.2. The number of rotatable bonds is 2. The number of amides is 1. The molecule has 1 N–H and O–H groups in total. The topological polar surface area (TPSA) is 54.9 Å². The van der Waals surface area contributed by atoms with E-state index in [9.17, 15) is 4.79 Å². The lowest BCUT2D eigenvalue weighted by Crippen LogP contribution is -2.13. The molecule has 0 spiro atoms. The fraction of sp³-hybridized carbons (Fsp3) is 0.444. The molecule has 13 heavy (non-hydrogen) atoms. The number of hydrogen-bond donors (Lipinski definition) is 1. The Kier molecular flexibility index (Phi) is 1.96. The molecule has 0 radical (unpaired) electrons. The molecule has 0 saturated heterocycles. The Balaban J connectivity index is 2.36. The van der Waals surface area contributed by atoms with Gasteiger partial charge in [-0.05, 0) is 6.42 Å². The van der Waals surface area contributed by atoms with Crippen molar-refractivity contribution in [3.63, 3.8) is 0 Å². The van der Waals surface area contributed by atoms with E-state index in [0.717, 1.165) is 24.2 Å².